The number of rotatable bonds is 6. The van der Waals surface area contributed by atoms with E-state index in [9.17, 15) is 4.79 Å². The number of alkyl carbamates (subject to hydrolysis) is 1. The molecule has 0 heterocycles. The van der Waals surface area contributed by atoms with Crippen LogP contribution in [0.25, 0.3) is 0 Å². The maximum Gasteiger partial charge on any atom is 0.407 e. The van der Waals surface area contributed by atoms with Gasteiger partial charge in [-0.15, -0.1) is 0 Å². The van der Waals surface area contributed by atoms with Gasteiger partial charge in [0.2, 0.25) is 0 Å². The van der Waals surface area contributed by atoms with E-state index in [0.717, 1.165) is 25.0 Å². The average molecular weight is 282 g/mol. The van der Waals surface area contributed by atoms with Gasteiger partial charge in [-0.25, -0.2) is 4.79 Å². The molecule has 1 aliphatic carbocycles. The molecular formula is C15H26N2O3. The smallest absolute Gasteiger partial charge is 0.407 e. The molecule has 5 heteroatoms. The predicted octanol–water partition coefficient (Wildman–Crippen LogP) is 2.48. The van der Waals surface area contributed by atoms with Crippen molar-refractivity contribution in [3.63, 3.8) is 0 Å². The van der Waals surface area contributed by atoms with Crippen LogP contribution in [-0.2, 0) is 9.47 Å². The van der Waals surface area contributed by atoms with E-state index < -0.39 is 5.60 Å². The van der Waals surface area contributed by atoms with Gasteiger partial charge in [-0.1, -0.05) is 6.08 Å². The first-order valence-corrected chi connectivity index (χ1v) is 7.10. The summed E-state index contributed by atoms with van der Waals surface area (Å²) in [6.45, 7) is 6.77. The van der Waals surface area contributed by atoms with Gasteiger partial charge < -0.3 is 20.5 Å². The number of ether oxygens (including phenoxy) is 2. The zero-order valence-electron chi connectivity index (χ0n) is 12.6. The number of unbranched alkanes of at least 4 members (excludes halogenated alkanes) is 1. The zero-order chi connectivity index (χ0) is 15.0. The average Bonchev–Trinajstić information content (AvgIpc) is 2.33. The van der Waals surface area contributed by atoms with Crippen LogP contribution >= 0.6 is 0 Å². The van der Waals surface area contributed by atoms with E-state index in [4.69, 9.17) is 15.2 Å². The second kappa shape index (κ2) is 7.94. The number of hydrogen-bond acceptors (Lipinski definition) is 4. The zero-order valence-corrected chi connectivity index (χ0v) is 12.6. The monoisotopic (exact) mass is 282 g/mol. The van der Waals surface area contributed by atoms with Crippen LogP contribution in [0.2, 0.25) is 0 Å². The van der Waals surface area contributed by atoms with E-state index in [-0.39, 0.29) is 12.1 Å². The highest BCUT2D eigenvalue weighted by Crippen LogP contribution is 2.11. The van der Waals surface area contributed by atoms with Gasteiger partial charge >= 0.3 is 6.09 Å². The third kappa shape index (κ3) is 7.84. The Labute approximate surface area is 121 Å². The fraction of sp³-hybridized carbons (Fsp3) is 0.667. The van der Waals surface area contributed by atoms with E-state index in [0.29, 0.717) is 13.2 Å². The van der Waals surface area contributed by atoms with Crippen molar-refractivity contribution >= 4 is 6.09 Å². The number of carbonyl (C=O) groups excluding carboxylic acids is 1. The van der Waals surface area contributed by atoms with Gasteiger partial charge in [0.05, 0.1) is 6.61 Å². The molecule has 0 fully saturated rings. The van der Waals surface area contributed by atoms with E-state index in [1.54, 1.807) is 0 Å². The SMILES string of the molecule is CC(C)(C)OC(=O)NCCCCOC1=CCC(N)C=C1. The van der Waals surface area contributed by atoms with Crippen LogP contribution < -0.4 is 11.1 Å². The third-order valence-electron chi connectivity index (χ3n) is 2.61. The second-order valence-corrected chi connectivity index (χ2v) is 5.85. The summed E-state index contributed by atoms with van der Waals surface area (Å²) in [5, 5.41) is 2.72. The van der Waals surface area contributed by atoms with Crippen LogP contribution in [0.3, 0.4) is 0 Å². The first-order valence-electron chi connectivity index (χ1n) is 7.10. The molecule has 0 aromatic heterocycles. The van der Waals surface area contributed by atoms with Crippen molar-refractivity contribution in [1.29, 1.82) is 0 Å². The summed E-state index contributed by atoms with van der Waals surface area (Å²) in [7, 11) is 0. The Balaban J connectivity index is 2.00. The van der Waals surface area contributed by atoms with Gasteiger partial charge in [-0.2, -0.15) is 0 Å². The molecular weight excluding hydrogens is 256 g/mol. The Morgan fingerprint density at radius 1 is 1.45 bits per heavy atom. The lowest BCUT2D eigenvalue weighted by molar-refractivity contribution is 0.0526. The van der Waals surface area contributed by atoms with E-state index in [1.165, 1.54) is 0 Å². The highest BCUT2D eigenvalue weighted by Gasteiger charge is 2.15. The fourth-order valence-electron chi connectivity index (χ4n) is 1.65. The molecule has 3 N–H and O–H groups in total. The van der Waals surface area contributed by atoms with Crippen LogP contribution in [0.1, 0.15) is 40.0 Å². The molecule has 0 aromatic rings. The van der Waals surface area contributed by atoms with Crippen LogP contribution in [-0.4, -0.2) is 30.9 Å². The van der Waals surface area contributed by atoms with Gasteiger partial charge in [0.1, 0.15) is 11.4 Å². The minimum Gasteiger partial charge on any atom is -0.494 e. The Hall–Kier alpha value is -1.49. The summed E-state index contributed by atoms with van der Waals surface area (Å²) < 4.78 is 10.7. The summed E-state index contributed by atoms with van der Waals surface area (Å²) in [5.74, 6) is 0.881. The maximum absolute atomic E-state index is 11.4. The molecule has 114 valence electrons. The molecule has 1 aliphatic rings. The molecule has 0 aromatic carbocycles. The first-order chi connectivity index (χ1) is 9.37. The van der Waals surface area contributed by atoms with Gasteiger partial charge in [0.15, 0.2) is 0 Å². The fourth-order valence-corrected chi connectivity index (χ4v) is 1.65. The third-order valence-corrected chi connectivity index (χ3v) is 2.61. The molecule has 0 saturated carbocycles. The molecule has 0 bridgehead atoms. The number of carbonyl (C=O) groups is 1. The molecule has 5 nitrogen and oxygen atoms in total. The lowest BCUT2D eigenvalue weighted by Crippen LogP contribution is -2.33. The van der Waals surface area contributed by atoms with Crippen LogP contribution in [0.5, 0.6) is 0 Å². The second-order valence-electron chi connectivity index (χ2n) is 5.85. The summed E-state index contributed by atoms with van der Waals surface area (Å²) >= 11 is 0. The number of nitrogens with two attached hydrogens (primary N) is 1. The van der Waals surface area contributed by atoms with Crippen LogP contribution in [0.15, 0.2) is 24.0 Å². The number of amides is 1. The van der Waals surface area contributed by atoms with E-state index in [1.807, 2.05) is 39.0 Å². The number of allylic oxidation sites excluding steroid dienone is 1. The first kappa shape index (κ1) is 16.6. The van der Waals surface area contributed by atoms with Crippen molar-refractivity contribution < 1.29 is 14.3 Å². The topological polar surface area (TPSA) is 73.6 Å². The molecule has 1 unspecified atom stereocenters. The number of hydrogen-bond donors (Lipinski definition) is 2. The highest BCUT2D eigenvalue weighted by molar-refractivity contribution is 5.67. The summed E-state index contributed by atoms with van der Waals surface area (Å²) in [5.41, 5.74) is 5.27. The molecule has 20 heavy (non-hydrogen) atoms. The van der Waals surface area contributed by atoms with Gasteiger partial charge in [-0.3, -0.25) is 0 Å². The molecule has 0 radical (unpaired) electrons. The predicted molar refractivity (Wildman–Crippen MR) is 79.2 cm³/mol. The van der Waals surface area contributed by atoms with Crippen molar-refractivity contribution in [3.8, 4) is 0 Å². The molecule has 0 aliphatic heterocycles. The Kier molecular flexibility index (Phi) is 6.58. The van der Waals surface area contributed by atoms with Gasteiger partial charge in [0, 0.05) is 12.6 Å². The van der Waals surface area contributed by atoms with Crippen LogP contribution in [0.4, 0.5) is 4.79 Å². The summed E-state index contributed by atoms with van der Waals surface area (Å²) in [6, 6.07) is 0.111. The highest BCUT2D eigenvalue weighted by atomic mass is 16.6. The summed E-state index contributed by atoms with van der Waals surface area (Å²) in [4.78, 5) is 11.4. The van der Waals surface area contributed by atoms with Crippen molar-refractivity contribution in [2.24, 2.45) is 5.73 Å². The number of nitrogens with one attached hydrogen (secondary N) is 1. The summed E-state index contributed by atoms with van der Waals surface area (Å²) in [6.07, 6.45) is 8.05. The Morgan fingerprint density at radius 3 is 2.80 bits per heavy atom. The van der Waals surface area contributed by atoms with Gasteiger partial charge in [0.25, 0.3) is 0 Å². The minimum absolute atomic E-state index is 0.111. The Bertz CT molecular complexity index is 370. The largest absolute Gasteiger partial charge is 0.494 e. The van der Waals surface area contributed by atoms with Crippen molar-refractivity contribution in [2.45, 2.75) is 51.7 Å². The van der Waals surface area contributed by atoms with Crippen molar-refractivity contribution in [3.05, 3.63) is 24.0 Å². The molecule has 0 saturated heterocycles. The minimum atomic E-state index is -0.451. The molecule has 1 rings (SSSR count). The van der Waals surface area contributed by atoms with Crippen molar-refractivity contribution in [1.82, 2.24) is 5.32 Å². The Morgan fingerprint density at radius 2 is 2.20 bits per heavy atom. The molecule has 1 atom stereocenters. The molecule has 0 spiro atoms. The van der Waals surface area contributed by atoms with Crippen molar-refractivity contribution in [2.75, 3.05) is 13.2 Å². The van der Waals surface area contributed by atoms with E-state index >= 15 is 0 Å². The molecule has 1 amide bonds. The lowest BCUT2D eigenvalue weighted by atomic mass is 10.1. The van der Waals surface area contributed by atoms with Gasteiger partial charge in [-0.05, 0) is 52.2 Å². The normalized spacial score (nSPS) is 18.4. The maximum atomic E-state index is 11.4. The van der Waals surface area contributed by atoms with Crippen LogP contribution in [0, 0.1) is 0 Å². The van der Waals surface area contributed by atoms with E-state index in [2.05, 4.69) is 5.32 Å². The quantitative estimate of drug-likeness (QED) is 0.734. The standard InChI is InChI=1S/C15H26N2O3/c1-15(2,3)20-14(18)17-10-4-5-11-19-13-8-6-12(16)7-9-13/h6,8-9,12H,4-5,7,10-11,16H2,1-3H3,(H,17,18). The lowest BCUT2D eigenvalue weighted by Gasteiger charge is -2.19.